The van der Waals surface area contributed by atoms with Gasteiger partial charge < -0.3 is 9.84 Å². The summed E-state index contributed by atoms with van der Waals surface area (Å²) in [5.41, 5.74) is 0. The quantitative estimate of drug-likeness (QED) is 0.732. The van der Waals surface area contributed by atoms with Crippen LogP contribution >= 0.6 is 0 Å². The SMILES string of the molecule is CC(C1CCCO1)N1CCC(CO)C1. The molecule has 0 radical (unpaired) electrons. The van der Waals surface area contributed by atoms with E-state index in [1.165, 1.54) is 12.8 Å². The lowest BCUT2D eigenvalue weighted by Gasteiger charge is -2.28. The van der Waals surface area contributed by atoms with Crippen LogP contribution in [-0.2, 0) is 4.74 Å². The molecule has 82 valence electrons. The Morgan fingerprint density at radius 1 is 1.50 bits per heavy atom. The lowest BCUT2D eigenvalue weighted by molar-refractivity contribution is 0.0382. The van der Waals surface area contributed by atoms with Crippen molar-refractivity contribution in [2.24, 2.45) is 5.92 Å². The van der Waals surface area contributed by atoms with Gasteiger partial charge in [0.15, 0.2) is 0 Å². The van der Waals surface area contributed by atoms with Crippen molar-refractivity contribution < 1.29 is 9.84 Å². The van der Waals surface area contributed by atoms with Crippen molar-refractivity contribution in [1.82, 2.24) is 4.90 Å². The molecule has 1 N–H and O–H groups in total. The third-order valence-electron chi connectivity index (χ3n) is 3.65. The predicted octanol–water partition coefficient (Wildman–Crippen LogP) is 0.868. The van der Waals surface area contributed by atoms with Gasteiger partial charge in [0.05, 0.1) is 6.10 Å². The number of rotatable bonds is 3. The molecule has 3 nitrogen and oxygen atoms in total. The smallest absolute Gasteiger partial charge is 0.0728 e. The molecular formula is C11H21NO2. The van der Waals surface area contributed by atoms with Crippen molar-refractivity contribution in [3.63, 3.8) is 0 Å². The van der Waals surface area contributed by atoms with Crippen LogP contribution in [0.1, 0.15) is 26.2 Å². The van der Waals surface area contributed by atoms with Gasteiger partial charge in [-0.25, -0.2) is 0 Å². The van der Waals surface area contributed by atoms with Gasteiger partial charge in [0.1, 0.15) is 0 Å². The van der Waals surface area contributed by atoms with Gasteiger partial charge in [-0.15, -0.1) is 0 Å². The zero-order valence-corrected chi connectivity index (χ0v) is 8.98. The number of nitrogens with zero attached hydrogens (tertiary/aromatic N) is 1. The van der Waals surface area contributed by atoms with Crippen molar-refractivity contribution in [1.29, 1.82) is 0 Å². The van der Waals surface area contributed by atoms with Crippen LogP contribution in [0.4, 0.5) is 0 Å². The molecule has 3 atom stereocenters. The van der Waals surface area contributed by atoms with Crippen LogP contribution in [-0.4, -0.2) is 48.5 Å². The van der Waals surface area contributed by atoms with Crippen LogP contribution < -0.4 is 0 Å². The molecule has 0 aromatic carbocycles. The van der Waals surface area contributed by atoms with Gasteiger partial charge in [-0.3, -0.25) is 4.90 Å². The standard InChI is InChI=1S/C11H21NO2/c1-9(11-3-2-6-14-11)12-5-4-10(7-12)8-13/h9-11,13H,2-8H2,1H3. The van der Waals surface area contributed by atoms with E-state index in [9.17, 15) is 0 Å². The minimum atomic E-state index is 0.342. The largest absolute Gasteiger partial charge is 0.396 e. The van der Waals surface area contributed by atoms with Crippen LogP contribution in [0.5, 0.6) is 0 Å². The van der Waals surface area contributed by atoms with Crippen LogP contribution in [0.3, 0.4) is 0 Å². The Morgan fingerprint density at radius 2 is 2.36 bits per heavy atom. The molecule has 0 bridgehead atoms. The summed E-state index contributed by atoms with van der Waals surface area (Å²) in [6, 6.07) is 0.536. The summed E-state index contributed by atoms with van der Waals surface area (Å²) in [6.45, 7) is 5.72. The van der Waals surface area contributed by atoms with Gasteiger partial charge in [0, 0.05) is 25.8 Å². The third-order valence-corrected chi connectivity index (χ3v) is 3.65. The summed E-state index contributed by atoms with van der Waals surface area (Å²) in [5.74, 6) is 0.499. The zero-order valence-electron chi connectivity index (χ0n) is 8.98. The molecule has 14 heavy (non-hydrogen) atoms. The number of hydrogen-bond donors (Lipinski definition) is 1. The molecule has 2 fully saturated rings. The summed E-state index contributed by atoms with van der Waals surface area (Å²) in [5, 5.41) is 9.07. The molecular weight excluding hydrogens is 178 g/mol. The maximum absolute atomic E-state index is 9.07. The highest BCUT2D eigenvalue weighted by Gasteiger charge is 2.31. The summed E-state index contributed by atoms with van der Waals surface area (Å²) in [6.07, 6.45) is 4.01. The highest BCUT2D eigenvalue weighted by molar-refractivity contribution is 4.85. The fraction of sp³-hybridized carbons (Fsp3) is 1.00. The van der Waals surface area contributed by atoms with E-state index >= 15 is 0 Å². The predicted molar refractivity (Wildman–Crippen MR) is 55.2 cm³/mol. The maximum Gasteiger partial charge on any atom is 0.0728 e. The molecule has 0 aromatic rings. The van der Waals surface area contributed by atoms with Crippen LogP contribution in [0.2, 0.25) is 0 Å². The molecule has 2 aliphatic heterocycles. The first kappa shape index (κ1) is 10.4. The van der Waals surface area contributed by atoms with E-state index in [1.807, 2.05) is 0 Å². The van der Waals surface area contributed by atoms with E-state index in [4.69, 9.17) is 9.84 Å². The summed E-state index contributed by atoms with van der Waals surface area (Å²) < 4.78 is 5.69. The normalized spacial score (nSPS) is 36.4. The van der Waals surface area contributed by atoms with Gasteiger partial charge in [-0.2, -0.15) is 0 Å². The Bertz CT molecular complexity index is 180. The lowest BCUT2D eigenvalue weighted by Crippen LogP contribution is -2.40. The minimum absolute atomic E-state index is 0.342. The topological polar surface area (TPSA) is 32.7 Å². The van der Waals surface area contributed by atoms with Crippen molar-refractivity contribution >= 4 is 0 Å². The minimum Gasteiger partial charge on any atom is -0.396 e. The van der Waals surface area contributed by atoms with Crippen molar-refractivity contribution in [3.8, 4) is 0 Å². The molecule has 0 aliphatic carbocycles. The molecule has 0 aromatic heterocycles. The van der Waals surface area contributed by atoms with E-state index in [0.717, 1.165) is 26.1 Å². The van der Waals surface area contributed by atoms with E-state index in [0.29, 0.717) is 24.7 Å². The van der Waals surface area contributed by atoms with Crippen molar-refractivity contribution in [2.75, 3.05) is 26.3 Å². The van der Waals surface area contributed by atoms with E-state index in [-0.39, 0.29) is 0 Å². The summed E-state index contributed by atoms with van der Waals surface area (Å²) >= 11 is 0. The maximum atomic E-state index is 9.07. The van der Waals surface area contributed by atoms with Crippen LogP contribution in [0.25, 0.3) is 0 Å². The van der Waals surface area contributed by atoms with Gasteiger partial charge in [0.25, 0.3) is 0 Å². The van der Waals surface area contributed by atoms with Gasteiger partial charge in [-0.1, -0.05) is 0 Å². The van der Waals surface area contributed by atoms with Crippen LogP contribution in [0, 0.1) is 5.92 Å². The Kier molecular flexibility index (Phi) is 3.42. The van der Waals surface area contributed by atoms with Crippen LogP contribution in [0.15, 0.2) is 0 Å². The zero-order chi connectivity index (χ0) is 9.97. The highest BCUT2D eigenvalue weighted by atomic mass is 16.5. The highest BCUT2D eigenvalue weighted by Crippen LogP contribution is 2.24. The Morgan fingerprint density at radius 3 is 2.93 bits per heavy atom. The Labute approximate surface area is 86.0 Å². The first-order valence-electron chi connectivity index (χ1n) is 5.77. The molecule has 2 saturated heterocycles. The molecule has 0 spiro atoms. The molecule has 2 heterocycles. The number of hydrogen-bond acceptors (Lipinski definition) is 3. The first-order valence-corrected chi connectivity index (χ1v) is 5.77. The van der Waals surface area contributed by atoms with Gasteiger partial charge in [-0.05, 0) is 38.6 Å². The number of likely N-dealkylation sites (tertiary alicyclic amines) is 1. The first-order chi connectivity index (χ1) is 6.81. The summed E-state index contributed by atoms with van der Waals surface area (Å²) in [4.78, 5) is 2.47. The van der Waals surface area contributed by atoms with Gasteiger partial charge in [0.2, 0.25) is 0 Å². The van der Waals surface area contributed by atoms with E-state index in [1.54, 1.807) is 0 Å². The monoisotopic (exact) mass is 199 g/mol. The number of aliphatic hydroxyl groups is 1. The second kappa shape index (κ2) is 4.60. The fourth-order valence-electron chi connectivity index (χ4n) is 2.60. The third kappa shape index (κ3) is 2.10. The van der Waals surface area contributed by atoms with E-state index in [2.05, 4.69) is 11.8 Å². The Hall–Kier alpha value is -0.120. The second-order valence-electron chi connectivity index (χ2n) is 4.62. The molecule has 0 amide bonds. The molecule has 3 unspecified atom stereocenters. The Balaban J connectivity index is 1.83. The van der Waals surface area contributed by atoms with E-state index < -0.39 is 0 Å². The average molecular weight is 199 g/mol. The summed E-state index contributed by atoms with van der Waals surface area (Å²) in [7, 11) is 0. The second-order valence-corrected chi connectivity index (χ2v) is 4.62. The van der Waals surface area contributed by atoms with Gasteiger partial charge >= 0.3 is 0 Å². The average Bonchev–Trinajstić information content (AvgIpc) is 2.88. The molecule has 2 rings (SSSR count). The fourth-order valence-corrected chi connectivity index (χ4v) is 2.60. The number of ether oxygens (including phenoxy) is 1. The molecule has 3 heteroatoms. The van der Waals surface area contributed by atoms with Crippen molar-refractivity contribution in [3.05, 3.63) is 0 Å². The lowest BCUT2D eigenvalue weighted by atomic mass is 10.1. The number of aliphatic hydroxyl groups excluding tert-OH is 1. The molecule has 0 saturated carbocycles. The molecule has 2 aliphatic rings. The van der Waals surface area contributed by atoms with Crippen molar-refractivity contribution in [2.45, 2.75) is 38.3 Å².